The monoisotopic (exact) mass is 433 g/mol. The maximum absolute atomic E-state index is 13.3. The molecule has 4 unspecified atom stereocenters. The van der Waals surface area contributed by atoms with Gasteiger partial charge in [0.2, 0.25) is 0 Å². The van der Waals surface area contributed by atoms with E-state index in [0.717, 1.165) is 18.9 Å². The van der Waals surface area contributed by atoms with Crippen LogP contribution < -0.4 is 4.90 Å². The van der Waals surface area contributed by atoms with Crippen LogP contribution in [0.15, 0.2) is 6.07 Å². The Balaban J connectivity index is 1.59. The lowest BCUT2D eigenvalue weighted by atomic mass is 9.74. The van der Waals surface area contributed by atoms with Crippen molar-refractivity contribution in [2.75, 3.05) is 18.0 Å². The highest BCUT2D eigenvalue weighted by Crippen LogP contribution is 2.63. The van der Waals surface area contributed by atoms with Crippen molar-refractivity contribution in [1.82, 2.24) is 9.97 Å². The Labute approximate surface area is 157 Å². The lowest BCUT2D eigenvalue weighted by molar-refractivity contribution is -0.141. The highest BCUT2D eigenvalue weighted by atomic mass is 79.9. The van der Waals surface area contributed by atoms with Gasteiger partial charge in [0.15, 0.2) is 0 Å². The van der Waals surface area contributed by atoms with Gasteiger partial charge in [-0.15, -0.1) is 0 Å². The summed E-state index contributed by atoms with van der Waals surface area (Å²) in [6.45, 7) is 2.98. The van der Waals surface area contributed by atoms with Gasteiger partial charge in [-0.25, -0.2) is 9.97 Å². The zero-order chi connectivity index (χ0) is 18.9. The Morgan fingerprint density at radius 3 is 2.62 bits per heavy atom. The quantitative estimate of drug-likeness (QED) is 0.733. The zero-order valence-electron chi connectivity index (χ0n) is 14.1. The molecule has 3 fully saturated rings. The summed E-state index contributed by atoms with van der Waals surface area (Å²) < 4.78 is 39.6. The van der Waals surface area contributed by atoms with Crippen LogP contribution in [0.25, 0.3) is 0 Å². The number of hydrogen-bond donors (Lipinski definition) is 1. The lowest BCUT2D eigenvalue weighted by Gasteiger charge is -2.33. The number of nitrogens with zero attached hydrogens (tertiary/aromatic N) is 3. The van der Waals surface area contributed by atoms with Crippen molar-refractivity contribution in [2.24, 2.45) is 17.8 Å². The van der Waals surface area contributed by atoms with Crippen LogP contribution in [0.1, 0.15) is 43.6 Å². The van der Waals surface area contributed by atoms with Gasteiger partial charge in [-0.3, -0.25) is 4.79 Å². The summed E-state index contributed by atoms with van der Waals surface area (Å²) in [7, 11) is 0. The molecule has 0 spiro atoms. The first kappa shape index (κ1) is 18.0. The van der Waals surface area contributed by atoms with Crippen molar-refractivity contribution >= 4 is 27.7 Å². The Morgan fingerprint density at radius 2 is 2.15 bits per heavy atom. The molecule has 1 N–H and O–H groups in total. The van der Waals surface area contributed by atoms with E-state index in [1.54, 1.807) is 0 Å². The highest BCUT2D eigenvalue weighted by molar-refractivity contribution is 9.10. The van der Waals surface area contributed by atoms with Crippen molar-refractivity contribution in [3.8, 4) is 0 Å². The summed E-state index contributed by atoms with van der Waals surface area (Å²) in [5, 5.41) is 8.98. The minimum atomic E-state index is -4.51. The fourth-order valence-corrected chi connectivity index (χ4v) is 5.44. The summed E-state index contributed by atoms with van der Waals surface area (Å²) in [4.78, 5) is 21.0. The number of hydrogen-bond acceptors (Lipinski definition) is 4. The second-order valence-electron chi connectivity index (χ2n) is 7.75. The van der Waals surface area contributed by atoms with E-state index in [9.17, 15) is 18.0 Å². The molecule has 26 heavy (non-hydrogen) atoms. The van der Waals surface area contributed by atoms with Gasteiger partial charge in [0, 0.05) is 31.5 Å². The van der Waals surface area contributed by atoms with Crippen molar-refractivity contribution in [3.05, 3.63) is 17.6 Å². The van der Waals surface area contributed by atoms with Crippen LogP contribution in [-0.2, 0) is 11.0 Å². The first-order chi connectivity index (χ1) is 12.1. The van der Waals surface area contributed by atoms with E-state index in [0.29, 0.717) is 24.8 Å². The maximum Gasteiger partial charge on any atom is 0.433 e. The van der Waals surface area contributed by atoms with Crippen LogP contribution in [0, 0.1) is 17.8 Å². The molecule has 5 nitrogen and oxygen atoms in total. The number of carboxylic acids is 1. The summed E-state index contributed by atoms with van der Waals surface area (Å²) in [5.41, 5.74) is -0.900. The van der Waals surface area contributed by atoms with E-state index < -0.39 is 17.8 Å². The third kappa shape index (κ3) is 2.88. The smallest absolute Gasteiger partial charge is 0.433 e. The van der Waals surface area contributed by atoms with Gasteiger partial charge >= 0.3 is 12.1 Å². The molecule has 0 radical (unpaired) electrons. The first-order valence-corrected chi connectivity index (χ1v) is 9.50. The highest BCUT2D eigenvalue weighted by Gasteiger charge is 2.68. The number of carbonyl (C=O) groups is 1. The summed E-state index contributed by atoms with van der Waals surface area (Å²) in [5.74, 6) is 0.130. The average Bonchev–Trinajstić information content (AvgIpc) is 2.88. The van der Waals surface area contributed by atoms with Gasteiger partial charge in [-0.05, 0) is 30.6 Å². The van der Waals surface area contributed by atoms with E-state index in [-0.39, 0.29) is 34.3 Å². The molecule has 9 heteroatoms. The van der Waals surface area contributed by atoms with E-state index in [1.165, 1.54) is 0 Å². The van der Waals surface area contributed by atoms with Gasteiger partial charge in [0.1, 0.15) is 17.3 Å². The second kappa shape index (κ2) is 5.81. The summed E-state index contributed by atoms with van der Waals surface area (Å²) >= 11 is 3.62. The molecular weight excluding hydrogens is 415 g/mol. The molecule has 3 aliphatic rings. The predicted molar refractivity (Wildman–Crippen MR) is 91.3 cm³/mol. The molecule has 142 valence electrons. The fourth-order valence-electron chi connectivity index (χ4n) is 4.32. The number of rotatable bonds is 4. The van der Waals surface area contributed by atoms with Crippen LogP contribution in [-0.4, -0.2) is 38.5 Å². The van der Waals surface area contributed by atoms with Crippen molar-refractivity contribution in [2.45, 2.75) is 42.6 Å². The van der Waals surface area contributed by atoms with Crippen LogP contribution in [0.4, 0.5) is 19.0 Å². The molecule has 2 heterocycles. The van der Waals surface area contributed by atoms with Crippen LogP contribution in [0.3, 0.4) is 0 Å². The van der Waals surface area contributed by atoms with Crippen LogP contribution >= 0.6 is 15.9 Å². The number of alkyl halides is 4. The van der Waals surface area contributed by atoms with Crippen LogP contribution in [0.2, 0.25) is 0 Å². The number of fused-ring (bicyclic) bond motifs is 1. The molecule has 4 rings (SSSR count). The lowest BCUT2D eigenvalue weighted by Crippen LogP contribution is -2.31. The molecule has 1 aromatic heterocycles. The minimum absolute atomic E-state index is 0.0197. The molecular formula is C17H19BrF3N3O2. The fraction of sp³-hybridized carbons (Fsp3) is 0.706. The molecule has 2 aliphatic carbocycles. The molecule has 2 saturated carbocycles. The van der Waals surface area contributed by atoms with Gasteiger partial charge in [0.25, 0.3) is 0 Å². The number of piperidine rings is 1. The molecule has 0 aromatic carbocycles. The third-order valence-corrected chi connectivity index (χ3v) is 7.58. The predicted octanol–water partition coefficient (Wildman–Crippen LogP) is 3.68. The Kier molecular flexibility index (Phi) is 4.02. The van der Waals surface area contributed by atoms with Crippen molar-refractivity contribution < 1.29 is 23.1 Å². The van der Waals surface area contributed by atoms with Crippen molar-refractivity contribution in [3.63, 3.8) is 0 Å². The number of anilines is 1. The average molecular weight is 434 g/mol. The minimum Gasteiger partial charge on any atom is -0.481 e. The largest absolute Gasteiger partial charge is 0.481 e. The molecule has 0 bridgehead atoms. The standard InChI is InChI=1S/C17H19BrF3N3O2/c1-8-2-3-9(8)15-22-12(17(19,20)21)5-13(23-15)24-6-11-10(4-14(25)26)16(11,18)7-24/h5,8-11H,2-4,6-7H2,1H3,(H,25,26)/t8?,9-,10?,11?,16?/m0/s1. The van der Waals surface area contributed by atoms with Gasteiger partial charge in [-0.2, -0.15) is 13.2 Å². The van der Waals surface area contributed by atoms with E-state index in [2.05, 4.69) is 25.9 Å². The summed E-state index contributed by atoms with van der Waals surface area (Å²) in [6.07, 6.45) is -2.65. The number of carboxylic acid groups (broad SMARTS) is 1. The SMILES string of the molecule is CC1CC[C@@H]1c1nc(N2CC3C(CC(=O)O)C3(Br)C2)cc(C(F)(F)F)n1. The van der Waals surface area contributed by atoms with Gasteiger partial charge < -0.3 is 10.0 Å². The Hall–Kier alpha value is -1.38. The second-order valence-corrected chi connectivity index (χ2v) is 9.22. The maximum atomic E-state index is 13.3. The Morgan fingerprint density at radius 1 is 1.42 bits per heavy atom. The van der Waals surface area contributed by atoms with Crippen LogP contribution in [0.5, 0.6) is 0 Å². The normalized spacial score (nSPS) is 35.8. The van der Waals surface area contributed by atoms with Gasteiger partial charge in [0.05, 0.1) is 4.32 Å². The molecule has 5 atom stereocenters. The molecule has 1 aromatic rings. The zero-order valence-corrected chi connectivity index (χ0v) is 15.7. The third-order valence-electron chi connectivity index (χ3n) is 6.15. The van der Waals surface area contributed by atoms with E-state index in [4.69, 9.17) is 5.11 Å². The number of halogens is 4. The number of aliphatic carboxylic acids is 1. The summed E-state index contributed by atoms with van der Waals surface area (Å²) in [6, 6.07) is 1.01. The Bertz CT molecular complexity index is 759. The van der Waals surface area contributed by atoms with Crippen molar-refractivity contribution in [1.29, 1.82) is 0 Å². The molecule has 0 amide bonds. The molecule has 1 saturated heterocycles. The van der Waals surface area contributed by atoms with Gasteiger partial charge in [-0.1, -0.05) is 22.9 Å². The topological polar surface area (TPSA) is 66.3 Å². The van der Waals surface area contributed by atoms with E-state index >= 15 is 0 Å². The molecule has 1 aliphatic heterocycles. The van der Waals surface area contributed by atoms with E-state index in [1.807, 2.05) is 11.8 Å². The first-order valence-electron chi connectivity index (χ1n) is 8.71. The number of aromatic nitrogens is 2.